The fourth-order valence-electron chi connectivity index (χ4n) is 0.298. The van der Waals surface area contributed by atoms with Gasteiger partial charge in [-0.15, -0.1) is 0 Å². The molecule has 0 aromatic rings. The van der Waals surface area contributed by atoms with Gasteiger partial charge in [-0.1, -0.05) is 6.58 Å². The zero-order valence-electron chi connectivity index (χ0n) is 5.07. The lowest BCUT2D eigenvalue weighted by atomic mass is 10.2. The van der Waals surface area contributed by atoms with E-state index in [9.17, 15) is 9.59 Å². The first-order chi connectivity index (χ1) is 4.56. The molecule has 0 bridgehead atoms. The second kappa shape index (κ2) is 2.98. The third-order valence-corrected chi connectivity index (χ3v) is 0.900. The van der Waals surface area contributed by atoms with Gasteiger partial charge in [0.2, 0.25) is 6.41 Å². The van der Waals surface area contributed by atoms with E-state index in [1.165, 1.54) is 0 Å². The lowest BCUT2D eigenvalue weighted by Gasteiger charge is -2.16. The molecule has 1 amide bonds. The molecule has 0 saturated carbocycles. The summed E-state index contributed by atoms with van der Waals surface area (Å²) in [5, 5.41) is 18.7. The Morgan fingerprint density at radius 2 is 2.20 bits per heavy atom. The SMILES string of the molecule is C=CC(O)(NC=O)C(=O)O. The van der Waals surface area contributed by atoms with Gasteiger partial charge in [0, 0.05) is 0 Å². The van der Waals surface area contributed by atoms with Crippen LogP contribution >= 0.6 is 0 Å². The Balaban J connectivity index is 4.36. The highest BCUT2D eigenvalue weighted by atomic mass is 16.4. The Kier molecular flexibility index (Phi) is 2.57. The average Bonchev–Trinajstić information content (AvgIpc) is 1.88. The van der Waals surface area contributed by atoms with Crippen molar-refractivity contribution in [1.82, 2.24) is 5.32 Å². The minimum Gasteiger partial charge on any atom is -0.477 e. The monoisotopic (exact) mass is 145 g/mol. The lowest BCUT2D eigenvalue weighted by Crippen LogP contribution is -2.49. The molecule has 1 unspecified atom stereocenters. The van der Waals surface area contributed by atoms with Gasteiger partial charge in [0.1, 0.15) is 0 Å². The van der Waals surface area contributed by atoms with Crippen LogP contribution in [0.15, 0.2) is 12.7 Å². The maximum absolute atomic E-state index is 10.1. The van der Waals surface area contributed by atoms with Crippen LogP contribution in [-0.2, 0) is 9.59 Å². The highest BCUT2D eigenvalue weighted by Gasteiger charge is 2.31. The normalized spacial score (nSPS) is 14.9. The van der Waals surface area contributed by atoms with Crippen molar-refractivity contribution in [2.45, 2.75) is 5.72 Å². The predicted octanol–water partition coefficient (Wildman–Crippen LogP) is -1.31. The molecule has 10 heavy (non-hydrogen) atoms. The fraction of sp³-hybridized carbons (Fsp3) is 0.200. The minimum absolute atomic E-state index is 0.0792. The summed E-state index contributed by atoms with van der Waals surface area (Å²) in [6.07, 6.45) is 0.791. The van der Waals surface area contributed by atoms with Crippen molar-refractivity contribution in [3.05, 3.63) is 12.7 Å². The van der Waals surface area contributed by atoms with Gasteiger partial charge < -0.3 is 15.5 Å². The predicted molar refractivity (Wildman–Crippen MR) is 32.0 cm³/mol. The first kappa shape index (κ1) is 8.64. The van der Waals surface area contributed by atoms with E-state index in [0.717, 1.165) is 0 Å². The van der Waals surface area contributed by atoms with E-state index in [4.69, 9.17) is 10.2 Å². The number of amides is 1. The van der Waals surface area contributed by atoms with Gasteiger partial charge in [-0.05, 0) is 6.08 Å². The van der Waals surface area contributed by atoms with Crippen molar-refractivity contribution in [2.75, 3.05) is 0 Å². The quantitative estimate of drug-likeness (QED) is 0.260. The Bertz CT molecular complexity index is 167. The van der Waals surface area contributed by atoms with Crippen molar-refractivity contribution in [1.29, 1.82) is 0 Å². The van der Waals surface area contributed by atoms with Gasteiger partial charge in [-0.25, -0.2) is 4.79 Å². The highest BCUT2D eigenvalue weighted by Crippen LogP contribution is 1.98. The molecule has 0 heterocycles. The average molecular weight is 145 g/mol. The van der Waals surface area contributed by atoms with E-state index in [0.29, 0.717) is 6.08 Å². The van der Waals surface area contributed by atoms with Crippen LogP contribution in [0.2, 0.25) is 0 Å². The van der Waals surface area contributed by atoms with Crippen molar-refractivity contribution in [2.24, 2.45) is 0 Å². The van der Waals surface area contributed by atoms with E-state index in [2.05, 4.69) is 6.58 Å². The minimum atomic E-state index is -2.35. The summed E-state index contributed by atoms with van der Waals surface area (Å²) in [6, 6.07) is 0. The number of carboxylic acid groups (broad SMARTS) is 1. The van der Waals surface area contributed by atoms with Crippen molar-refractivity contribution in [3.63, 3.8) is 0 Å². The summed E-state index contributed by atoms with van der Waals surface area (Å²) in [5.41, 5.74) is -2.35. The van der Waals surface area contributed by atoms with E-state index < -0.39 is 11.7 Å². The molecular weight excluding hydrogens is 138 g/mol. The summed E-state index contributed by atoms with van der Waals surface area (Å²) < 4.78 is 0. The largest absolute Gasteiger partial charge is 0.477 e. The number of hydrogen-bond donors (Lipinski definition) is 3. The molecule has 0 aromatic heterocycles. The molecule has 0 aliphatic rings. The van der Waals surface area contributed by atoms with Crippen LogP contribution < -0.4 is 5.32 Å². The van der Waals surface area contributed by atoms with Crippen LogP contribution in [-0.4, -0.2) is 28.3 Å². The molecule has 0 aliphatic heterocycles. The Labute approximate surface area is 57.0 Å². The topological polar surface area (TPSA) is 86.6 Å². The van der Waals surface area contributed by atoms with E-state index in [1.807, 2.05) is 0 Å². The van der Waals surface area contributed by atoms with Crippen LogP contribution in [0.25, 0.3) is 0 Å². The molecule has 0 rings (SSSR count). The molecule has 0 aliphatic carbocycles. The standard InChI is InChI=1S/C5H7NO4/c1-2-5(10,4(8)9)6-3-7/h2-3,10H,1H2,(H,6,7)(H,8,9). The molecule has 1 atom stereocenters. The van der Waals surface area contributed by atoms with Crippen LogP contribution in [0.3, 0.4) is 0 Å². The van der Waals surface area contributed by atoms with Crippen LogP contribution in [0.4, 0.5) is 0 Å². The first-order valence-electron chi connectivity index (χ1n) is 2.37. The third kappa shape index (κ3) is 1.56. The van der Waals surface area contributed by atoms with Gasteiger partial charge in [0.05, 0.1) is 0 Å². The molecule has 0 fully saturated rings. The van der Waals surface area contributed by atoms with E-state index in [-0.39, 0.29) is 6.41 Å². The van der Waals surface area contributed by atoms with Crippen molar-refractivity contribution >= 4 is 12.4 Å². The number of carboxylic acids is 1. The summed E-state index contributed by atoms with van der Waals surface area (Å²) in [6.45, 7) is 3.02. The van der Waals surface area contributed by atoms with Crippen LogP contribution in [0.5, 0.6) is 0 Å². The Hall–Kier alpha value is -1.36. The fourth-order valence-corrected chi connectivity index (χ4v) is 0.298. The number of rotatable bonds is 4. The smallest absolute Gasteiger partial charge is 0.361 e. The molecule has 0 saturated heterocycles. The zero-order chi connectivity index (χ0) is 8.20. The zero-order valence-corrected chi connectivity index (χ0v) is 5.07. The van der Waals surface area contributed by atoms with Crippen molar-refractivity contribution < 1.29 is 19.8 Å². The molecule has 56 valence electrons. The summed E-state index contributed by atoms with van der Waals surface area (Å²) in [4.78, 5) is 19.8. The first-order valence-corrected chi connectivity index (χ1v) is 2.37. The Morgan fingerprint density at radius 3 is 2.30 bits per heavy atom. The molecule has 5 heteroatoms. The van der Waals surface area contributed by atoms with Gasteiger partial charge in [-0.3, -0.25) is 4.79 Å². The van der Waals surface area contributed by atoms with Gasteiger partial charge in [0.25, 0.3) is 5.72 Å². The number of nitrogens with one attached hydrogen (secondary N) is 1. The summed E-state index contributed by atoms with van der Waals surface area (Å²) in [5.74, 6) is -1.57. The number of carbonyl (C=O) groups is 2. The van der Waals surface area contributed by atoms with Crippen LogP contribution in [0.1, 0.15) is 0 Å². The summed E-state index contributed by atoms with van der Waals surface area (Å²) >= 11 is 0. The summed E-state index contributed by atoms with van der Waals surface area (Å²) in [7, 11) is 0. The van der Waals surface area contributed by atoms with Gasteiger partial charge in [0.15, 0.2) is 0 Å². The number of carbonyl (C=O) groups excluding carboxylic acids is 1. The van der Waals surface area contributed by atoms with Crippen LogP contribution in [0, 0.1) is 0 Å². The number of hydrogen-bond acceptors (Lipinski definition) is 3. The third-order valence-electron chi connectivity index (χ3n) is 0.900. The molecule has 0 aromatic carbocycles. The maximum atomic E-state index is 10.1. The number of aliphatic hydroxyl groups is 1. The number of aliphatic carboxylic acids is 1. The van der Waals surface area contributed by atoms with Gasteiger partial charge in [-0.2, -0.15) is 0 Å². The lowest BCUT2D eigenvalue weighted by molar-refractivity contribution is -0.157. The molecular formula is C5H7NO4. The molecule has 0 spiro atoms. The maximum Gasteiger partial charge on any atom is 0.361 e. The second-order valence-corrected chi connectivity index (χ2v) is 1.54. The van der Waals surface area contributed by atoms with E-state index >= 15 is 0 Å². The van der Waals surface area contributed by atoms with E-state index in [1.54, 1.807) is 5.32 Å². The highest BCUT2D eigenvalue weighted by molar-refractivity contribution is 5.81. The molecule has 0 radical (unpaired) electrons. The second-order valence-electron chi connectivity index (χ2n) is 1.54. The van der Waals surface area contributed by atoms with Gasteiger partial charge >= 0.3 is 5.97 Å². The molecule has 5 nitrogen and oxygen atoms in total. The Morgan fingerprint density at radius 1 is 1.70 bits per heavy atom. The molecule has 3 N–H and O–H groups in total. The van der Waals surface area contributed by atoms with Crippen molar-refractivity contribution in [3.8, 4) is 0 Å².